The number of hydrogen-bond acceptors (Lipinski definition) is 8. The minimum atomic E-state index is -0.292. The van der Waals surface area contributed by atoms with Crippen LogP contribution in [0.1, 0.15) is 12.7 Å². The fraction of sp³-hybridized carbons (Fsp3) is 0.500. The van der Waals surface area contributed by atoms with E-state index in [-0.39, 0.29) is 18.1 Å². The van der Waals surface area contributed by atoms with Gasteiger partial charge in [-0.25, -0.2) is 0 Å². The summed E-state index contributed by atoms with van der Waals surface area (Å²) in [6.45, 7) is 6.19. The third-order valence-electron chi connectivity index (χ3n) is 4.06. The lowest BCUT2D eigenvalue weighted by Gasteiger charge is -2.36. The predicted molar refractivity (Wildman–Crippen MR) is 91.2 cm³/mol. The van der Waals surface area contributed by atoms with Crippen LogP contribution in [0.2, 0.25) is 0 Å². The molecule has 1 amide bonds. The molecular formula is C16H22N6O3. The molecule has 0 saturated carbocycles. The molecule has 0 aliphatic carbocycles. The molecule has 2 aromatic rings. The molecule has 0 unspecified atom stereocenters. The van der Waals surface area contributed by atoms with Crippen LogP contribution < -0.4 is 10.6 Å². The van der Waals surface area contributed by atoms with Gasteiger partial charge in [-0.3, -0.25) is 9.69 Å². The van der Waals surface area contributed by atoms with Crippen LogP contribution in [0.15, 0.2) is 28.9 Å². The Kier molecular flexibility index (Phi) is 5.56. The van der Waals surface area contributed by atoms with Crippen molar-refractivity contribution in [1.82, 2.24) is 20.3 Å². The Morgan fingerprint density at radius 2 is 2.36 bits per heavy atom. The van der Waals surface area contributed by atoms with Crippen molar-refractivity contribution in [3.05, 3.63) is 30.2 Å². The average Bonchev–Trinajstić information content (AvgIpc) is 3.05. The first-order valence-electron chi connectivity index (χ1n) is 8.23. The molecule has 3 rings (SSSR count). The zero-order valence-corrected chi connectivity index (χ0v) is 14.3. The van der Waals surface area contributed by atoms with Gasteiger partial charge in [-0.05, 0) is 26.0 Å². The Morgan fingerprint density at radius 3 is 3.08 bits per heavy atom. The van der Waals surface area contributed by atoms with Gasteiger partial charge in [-0.1, -0.05) is 5.16 Å². The van der Waals surface area contributed by atoms with Gasteiger partial charge in [0.25, 0.3) is 0 Å². The molecule has 1 aliphatic rings. The van der Waals surface area contributed by atoms with E-state index in [1.165, 1.54) is 0 Å². The molecule has 134 valence electrons. The largest absolute Gasteiger partial charge is 0.374 e. The molecule has 2 atom stereocenters. The molecule has 1 saturated heterocycles. The fourth-order valence-corrected chi connectivity index (χ4v) is 2.65. The number of amides is 1. The van der Waals surface area contributed by atoms with Crippen LogP contribution in [0.4, 0.5) is 11.6 Å². The van der Waals surface area contributed by atoms with Crippen LogP contribution in [0.5, 0.6) is 0 Å². The highest BCUT2D eigenvalue weighted by Crippen LogP contribution is 2.13. The van der Waals surface area contributed by atoms with Gasteiger partial charge in [0.15, 0.2) is 5.82 Å². The maximum atomic E-state index is 12.4. The number of hydrogen-bond donors (Lipinski definition) is 2. The van der Waals surface area contributed by atoms with Crippen molar-refractivity contribution >= 4 is 17.5 Å². The van der Waals surface area contributed by atoms with E-state index < -0.39 is 0 Å². The first-order chi connectivity index (χ1) is 12.1. The molecule has 0 radical (unpaired) electrons. The number of nitrogens with one attached hydrogen (secondary N) is 2. The number of aromatic nitrogens is 3. The van der Waals surface area contributed by atoms with Gasteiger partial charge in [0, 0.05) is 31.9 Å². The molecule has 9 nitrogen and oxygen atoms in total. The topological polar surface area (TPSA) is 105 Å². The van der Waals surface area contributed by atoms with E-state index in [2.05, 4.69) is 30.9 Å². The minimum absolute atomic E-state index is 0.0275. The van der Waals surface area contributed by atoms with E-state index in [9.17, 15) is 4.79 Å². The van der Waals surface area contributed by atoms with Gasteiger partial charge in [0.2, 0.25) is 5.91 Å². The summed E-state index contributed by atoms with van der Waals surface area (Å²) >= 11 is 0. The Labute approximate surface area is 145 Å². The van der Waals surface area contributed by atoms with Crippen molar-refractivity contribution in [2.45, 2.75) is 26.0 Å². The number of aryl methyl sites for hydroxylation is 1. The average molecular weight is 346 g/mol. The predicted octanol–water partition coefficient (Wildman–Crippen LogP) is 0.913. The van der Waals surface area contributed by atoms with Crippen molar-refractivity contribution in [3.63, 3.8) is 0 Å². The lowest BCUT2D eigenvalue weighted by Crippen LogP contribution is -2.52. The number of rotatable bonds is 6. The lowest BCUT2D eigenvalue weighted by atomic mass is 10.2. The number of ether oxygens (including phenoxy) is 1. The number of anilines is 2. The summed E-state index contributed by atoms with van der Waals surface area (Å²) in [5, 5.41) is 17.6. The van der Waals surface area contributed by atoms with E-state index in [0.29, 0.717) is 43.6 Å². The number of morpholine rings is 1. The third kappa shape index (κ3) is 4.74. The van der Waals surface area contributed by atoms with Crippen molar-refractivity contribution in [1.29, 1.82) is 0 Å². The number of nitrogens with zero attached hydrogens (tertiary/aromatic N) is 4. The van der Waals surface area contributed by atoms with Crippen LogP contribution in [-0.4, -0.2) is 64.5 Å². The summed E-state index contributed by atoms with van der Waals surface area (Å²) < 4.78 is 10.7. The first-order valence-corrected chi connectivity index (χ1v) is 8.23. The molecule has 25 heavy (non-hydrogen) atoms. The molecule has 3 heterocycles. The number of carbonyl (C=O) groups is 1. The molecule has 2 N–H and O–H groups in total. The summed E-state index contributed by atoms with van der Waals surface area (Å²) in [6.07, 6.45) is 1.60. The van der Waals surface area contributed by atoms with Gasteiger partial charge >= 0.3 is 0 Å². The lowest BCUT2D eigenvalue weighted by molar-refractivity contribution is -0.123. The van der Waals surface area contributed by atoms with Gasteiger partial charge in [0.1, 0.15) is 11.6 Å². The van der Waals surface area contributed by atoms with E-state index >= 15 is 0 Å². The normalized spacial score (nSPS) is 19.4. The second-order valence-corrected chi connectivity index (χ2v) is 5.97. The van der Waals surface area contributed by atoms with Crippen molar-refractivity contribution in [2.24, 2.45) is 0 Å². The molecule has 0 spiro atoms. The second kappa shape index (κ2) is 8.04. The monoisotopic (exact) mass is 346 g/mol. The van der Waals surface area contributed by atoms with Crippen molar-refractivity contribution in [3.8, 4) is 0 Å². The Balaban J connectivity index is 1.50. The van der Waals surface area contributed by atoms with Gasteiger partial charge in [-0.2, -0.15) is 5.10 Å². The highest BCUT2D eigenvalue weighted by Gasteiger charge is 2.28. The molecule has 2 aromatic heterocycles. The van der Waals surface area contributed by atoms with Crippen LogP contribution in [0.25, 0.3) is 0 Å². The summed E-state index contributed by atoms with van der Waals surface area (Å²) in [6, 6.07) is 5.07. The van der Waals surface area contributed by atoms with Crippen molar-refractivity contribution < 1.29 is 14.1 Å². The maximum Gasteiger partial charge on any atom is 0.242 e. The van der Waals surface area contributed by atoms with Gasteiger partial charge in [0.05, 0.1) is 18.8 Å². The Hall–Kier alpha value is -2.52. The smallest absolute Gasteiger partial charge is 0.242 e. The highest BCUT2D eigenvalue weighted by molar-refractivity contribution is 5.93. The fourth-order valence-electron chi connectivity index (χ4n) is 2.65. The Morgan fingerprint density at radius 1 is 1.48 bits per heavy atom. The minimum Gasteiger partial charge on any atom is -0.374 e. The highest BCUT2D eigenvalue weighted by atomic mass is 16.5. The Bertz CT molecular complexity index is 692. The van der Waals surface area contributed by atoms with Gasteiger partial charge in [-0.15, -0.1) is 5.10 Å². The van der Waals surface area contributed by atoms with Crippen LogP contribution in [0, 0.1) is 6.92 Å². The first kappa shape index (κ1) is 17.3. The summed E-state index contributed by atoms with van der Waals surface area (Å²) in [5.74, 6) is 1.68. The van der Waals surface area contributed by atoms with E-state index in [4.69, 9.17) is 9.26 Å². The van der Waals surface area contributed by atoms with Crippen molar-refractivity contribution in [2.75, 3.05) is 36.9 Å². The zero-order chi connectivity index (χ0) is 17.6. The van der Waals surface area contributed by atoms with E-state index in [0.717, 1.165) is 0 Å². The summed E-state index contributed by atoms with van der Waals surface area (Å²) in [7, 11) is 0. The quantitative estimate of drug-likeness (QED) is 0.795. The van der Waals surface area contributed by atoms with Crippen LogP contribution >= 0.6 is 0 Å². The van der Waals surface area contributed by atoms with Crippen LogP contribution in [-0.2, 0) is 9.53 Å². The number of carbonyl (C=O) groups excluding carboxylic acids is 1. The third-order valence-corrected chi connectivity index (χ3v) is 4.06. The maximum absolute atomic E-state index is 12.4. The second-order valence-electron chi connectivity index (χ2n) is 5.97. The molecule has 9 heteroatoms. The van der Waals surface area contributed by atoms with Gasteiger partial charge < -0.3 is 19.9 Å². The van der Waals surface area contributed by atoms with E-state index in [1.54, 1.807) is 19.2 Å². The molecule has 0 aromatic carbocycles. The molecule has 1 aliphatic heterocycles. The molecule has 1 fully saturated rings. The SMILES string of the molecule is Cc1cc(NC(=O)[C@@H](C)N2CCO[C@@H](CNc3cccnn3)C2)no1. The van der Waals surface area contributed by atoms with Crippen LogP contribution in [0.3, 0.4) is 0 Å². The summed E-state index contributed by atoms with van der Waals surface area (Å²) in [5.41, 5.74) is 0. The van der Waals surface area contributed by atoms with E-state index in [1.807, 2.05) is 19.1 Å². The zero-order valence-electron chi connectivity index (χ0n) is 14.3. The molecular weight excluding hydrogens is 324 g/mol. The summed E-state index contributed by atoms with van der Waals surface area (Å²) in [4.78, 5) is 14.5. The standard InChI is InChI=1S/C16H22N6O3/c1-11-8-15(21-25-11)19-16(23)12(2)22-6-7-24-13(10-22)9-17-14-4-3-5-18-20-14/h3-5,8,12-13H,6-7,9-10H2,1-2H3,(H,17,20)(H,19,21,23)/t12-,13+/m1/s1. The molecule has 0 bridgehead atoms.